The van der Waals surface area contributed by atoms with Crippen LogP contribution in [0.15, 0.2) is 46.2 Å². The first kappa shape index (κ1) is 30.3. The number of carbonyl (C=O) groups excluding carboxylic acids is 6. The third-order valence-electron chi connectivity index (χ3n) is 6.65. The molecule has 2 aliphatic rings. The number of hydrogen-bond acceptors (Lipinski definition) is 10. The Morgan fingerprint density at radius 1 is 0.610 bits per heavy atom. The lowest BCUT2D eigenvalue weighted by atomic mass is 9.99. The van der Waals surface area contributed by atoms with Crippen LogP contribution in [0.25, 0.3) is 0 Å². The van der Waals surface area contributed by atoms with Gasteiger partial charge >= 0.3 is 0 Å². The van der Waals surface area contributed by atoms with Gasteiger partial charge in [0, 0.05) is 22.3 Å². The van der Waals surface area contributed by atoms with Crippen molar-refractivity contribution in [2.24, 2.45) is 11.8 Å². The molecule has 0 N–H and O–H groups in total. The first-order valence-electron chi connectivity index (χ1n) is 12.9. The minimum atomic E-state index is -4.34. The highest BCUT2D eigenvalue weighted by molar-refractivity contribution is 7.91. The molecule has 0 aromatic heterocycles. The summed E-state index contributed by atoms with van der Waals surface area (Å²) in [5.41, 5.74) is -1.91. The fourth-order valence-electron chi connectivity index (χ4n) is 4.54. The highest BCUT2D eigenvalue weighted by Gasteiger charge is 2.45. The van der Waals surface area contributed by atoms with E-state index < -0.39 is 80.8 Å². The lowest BCUT2D eigenvalue weighted by molar-refractivity contribution is -0.130. The zero-order chi connectivity index (χ0) is 30.7. The summed E-state index contributed by atoms with van der Waals surface area (Å²) < 4.78 is 37.8. The van der Waals surface area contributed by atoms with Gasteiger partial charge in [0.1, 0.15) is 25.0 Å². The number of ether oxygens (including phenoxy) is 2. The fourth-order valence-corrected chi connectivity index (χ4v) is 5.85. The minimum absolute atomic E-state index is 0.0726. The summed E-state index contributed by atoms with van der Waals surface area (Å²) >= 11 is 0. The maximum Gasteiger partial charge on any atom is 0.206 e. The summed E-state index contributed by atoms with van der Waals surface area (Å²) in [7, 11) is -4.34. The number of ketones is 6. The van der Waals surface area contributed by atoms with Crippen LogP contribution >= 0.6 is 0 Å². The Morgan fingerprint density at radius 3 is 1.24 bits per heavy atom. The van der Waals surface area contributed by atoms with E-state index in [1.165, 1.54) is 12.1 Å². The van der Waals surface area contributed by atoms with Crippen molar-refractivity contribution in [1.29, 1.82) is 0 Å². The van der Waals surface area contributed by atoms with Crippen LogP contribution in [-0.2, 0) is 28.9 Å². The Morgan fingerprint density at radius 2 is 0.927 bits per heavy atom. The summed E-state index contributed by atoms with van der Waals surface area (Å²) in [4.78, 5) is 76.3. The van der Waals surface area contributed by atoms with Gasteiger partial charge in [-0.05, 0) is 77.9 Å². The summed E-state index contributed by atoms with van der Waals surface area (Å²) in [5, 5.41) is 0. The van der Waals surface area contributed by atoms with E-state index in [1.54, 1.807) is 41.5 Å². The zero-order valence-corrected chi connectivity index (χ0v) is 24.3. The maximum absolute atomic E-state index is 13.5. The van der Waals surface area contributed by atoms with Crippen molar-refractivity contribution in [2.45, 2.75) is 62.5 Å². The molecule has 0 saturated heterocycles. The van der Waals surface area contributed by atoms with E-state index >= 15 is 0 Å². The normalized spacial score (nSPS) is 19.0. The van der Waals surface area contributed by atoms with Gasteiger partial charge in [0.05, 0.1) is 21.0 Å². The molecule has 4 rings (SSSR count). The molecule has 0 fully saturated rings. The van der Waals surface area contributed by atoms with Gasteiger partial charge in [0.15, 0.2) is 34.7 Å². The van der Waals surface area contributed by atoms with Crippen LogP contribution in [0.1, 0.15) is 83.0 Å². The standard InChI is InChI=1S/C30H30O10S/c1-29(2,3)39-13-21(31)23-25(33)17-9-7-15(11-19(17)27(23)35)41(37,38)16-8-10-18-20(12-16)28(36)24(26(18)34)22(32)14-40-30(4,5)6/h7-12,23-24H,13-14H2,1-6H3. The number of carbonyl (C=O) groups is 6. The maximum atomic E-state index is 13.5. The molecule has 10 nitrogen and oxygen atoms in total. The van der Waals surface area contributed by atoms with Crippen LogP contribution in [0, 0.1) is 11.8 Å². The van der Waals surface area contributed by atoms with Crippen molar-refractivity contribution < 1.29 is 46.7 Å². The van der Waals surface area contributed by atoms with Crippen molar-refractivity contribution in [3.8, 4) is 0 Å². The second-order valence-electron chi connectivity index (χ2n) is 12.0. The summed E-state index contributed by atoms with van der Waals surface area (Å²) in [6, 6.07) is 6.67. The Labute approximate surface area is 237 Å². The number of fused-ring (bicyclic) bond motifs is 2. The summed E-state index contributed by atoms with van der Waals surface area (Å²) in [6.45, 7) is 9.37. The van der Waals surface area contributed by atoms with Crippen molar-refractivity contribution in [2.75, 3.05) is 13.2 Å². The van der Waals surface area contributed by atoms with E-state index in [-0.39, 0.29) is 32.0 Å². The lowest BCUT2D eigenvalue weighted by Crippen LogP contribution is -2.32. The van der Waals surface area contributed by atoms with Gasteiger partial charge in [0.25, 0.3) is 0 Å². The molecule has 0 spiro atoms. The molecule has 0 aliphatic heterocycles. The molecule has 0 radical (unpaired) electrons. The second kappa shape index (κ2) is 10.3. The van der Waals surface area contributed by atoms with Crippen molar-refractivity contribution >= 4 is 44.5 Å². The predicted octanol–water partition coefficient (Wildman–Crippen LogP) is 3.28. The van der Waals surface area contributed by atoms with E-state index in [0.717, 1.165) is 24.3 Å². The average molecular weight is 583 g/mol. The minimum Gasteiger partial charge on any atom is -0.368 e. The Bertz CT molecular complexity index is 1520. The Kier molecular flexibility index (Phi) is 7.62. The highest BCUT2D eigenvalue weighted by atomic mass is 32.2. The SMILES string of the molecule is CC(C)(C)OCC(=O)C1C(=O)c2ccc(S(=O)(=O)c3ccc4c(c3)C(=O)C(C(=O)COC(C)(C)C)C4=O)cc2C1=O. The van der Waals surface area contributed by atoms with Gasteiger partial charge in [-0.3, -0.25) is 28.8 Å². The summed E-state index contributed by atoms with van der Waals surface area (Å²) in [5.74, 6) is -7.80. The molecule has 2 unspecified atom stereocenters. The van der Waals surface area contributed by atoms with Crippen molar-refractivity contribution in [3.63, 3.8) is 0 Å². The smallest absolute Gasteiger partial charge is 0.206 e. The number of rotatable bonds is 8. The third kappa shape index (κ3) is 5.74. The van der Waals surface area contributed by atoms with Gasteiger partial charge < -0.3 is 9.47 Å². The molecule has 2 aliphatic carbocycles. The van der Waals surface area contributed by atoms with Crippen LogP contribution in [-0.4, -0.2) is 67.5 Å². The molecule has 0 saturated carbocycles. The topological polar surface area (TPSA) is 155 Å². The predicted molar refractivity (Wildman–Crippen MR) is 144 cm³/mol. The largest absolute Gasteiger partial charge is 0.368 e. The molecule has 0 heterocycles. The molecule has 2 atom stereocenters. The van der Waals surface area contributed by atoms with Gasteiger partial charge in [-0.1, -0.05) is 0 Å². The molecular weight excluding hydrogens is 552 g/mol. The molecule has 11 heteroatoms. The number of sulfone groups is 1. The third-order valence-corrected chi connectivity index (χ3v) is 8.40. The molecule has 41 heavy (non-hydrogen) atoms. The van der Waals surface area contributed by atoms with Crippen LogP contribution in [0.5, 0.6) is 0 Å². The van der Waals surface area contributed by atoms with Crippen LogP contribution < -0.4 is 0 Å². The molecule has 0 amide bonds. The highest BCUT2D eigenvalue weighted by Crippen LogP contribution is 2.34. The van der Waals surface area contributed by atoms with Gasteiger partial charge in [-0.2, -0.15) is 0 Å². The van der Waals surface area contributed by atoms with E-state index in [0.29, 0.717) is 0 Å². The molecule has 0 bridgehead atoms. The molecule has 2 aromatic rings. The number of hydrogen-bond donors (Lipinski definition) is 0. The lowest BCUT2D eigenvalue weighted by Gasteiger charge is -2.19. The van der Waals surface area contributed by atoms with E-state index in [4.69, 9.17) is 9.47 Å². The molecule has 216 valence electrons. The second-order valence-corrected chi connectivity index (χ2v) is 13.9. The fraction of sp³-hybridized carbons (Fsp3) is 0.400. The zero-order valence-electron chi connectivity index (χ0n) is 23.5. The van der Waals surface area contributed by atoms with E-state index in [1.807, 2.05) is 0 Å². The number of benzene rings is 2. The van der Waals surface area contributed by atoms with E-state index in [9.17, 15) is 37.2 Å². The Balaban J connectivity index is 1.61. The average Bonchev–Trinajstić information content (AvgIpc) is 3.28. The van der Waals surface area contributed by atoms with Gasteiger partial charge in [0.2, 0.25) is 9.84 Å². The van der Waals surface area contributed by atoms with Crippen molar-refractivity contribution in [3.05, 3.63) is 58.7 Å². The summed E-state index contributed by atoms with van der Waals surface area (Å²) in [6.07, 6.45) is 0. The van der Waals surface area contributed by atoms with E-state index in [2.05, 4.69) is 0 Å². The molecule has 2 aromatic carbocycles. The van der Waals surface area contributed by atoms with Gasteiger partial charge in [-0.25, -0.2) is 8.42 Å². The molecular formula is C30H30O10S. The van der Waals surface area contributed by atoms with Crippen LogP contribution in [0.2, 0.25) is 0 Å². The van der Waals surface area contributed by atoms with Crippen LogP contribution in [0.4, 0.5) is 0 Å². The quantitative estimate of drug-likeness (QED) is 0.423. The van der Waals surface area contributed by atoms with Gasteiger partial charge in [-0.15, -0.1) is 0 Å². The number of Topliss-reactive ketones (excluding diaryl/α,β-unsaturated/α-hetero) is 6. The first-order chi connectivity index (χ1) is 18.8. The first-order valence-corrected chi connectivity index (χ1v) is 14.4. The Hall–Kier alpha value is -3.67. The van der Waals surface area contributed by atoms with Crippen LogP contribution in [0.3, 0.4) is 0 Å². The monoisotopic (exact) mass is 582 g/mol. The van der Waals surface area contributed by atoms with Crippen molar-refractivity contribution in [1.82, 2.24) is 0 Å².